The average Bonchev–Trinajstić information content (AvgIpc) is 3.39. The maximum absolute atomic E-state index is 13.7. The van der Waals surface area contributed by atoms with Gasteiger partial charge in [-0.3, -0.25) is 24.0 Å². The Balaban J connectivity index is 1.60. The van der Waals surface area contributed by atoms with Gasteiger partial charge in [-0.05, 0) is 35.9 Å². The van der Waals surface area contributed by atoms with E-state index in [1.165, 1.54) is 15.7 Å². The zero-order valence-corrected chi connectivity index (χ0v) is 18.6. The van der Waals surface area contributed by atoms with Crippen molar-refractivity contribution in [1.29, 1.82) is 0 Å². The summed E-state index contributed by atoms with van der Waals surface area (Å²) in [7, 11) is 0. The Morgan fingerprint density at radius 3 is 2.51 bits per heavy atom. The number of carbonyl (C=O) groups is 1. The van der Waals surface area contributed by atoms with Crippen LogP contribution in [-0.2, 0) is 13.1 Å². The SMILES string of the molecule is Nc1c(N(Cc2ccco2)C(=O)c2ccc3c(c2)OCCO3)c(=O)[nH]c(=O)n1Cc1ccccc1. The van der Waals surface area contributed by atoms with Crippen molar-refractivity contribution in [2.75, 3.05) is 23.8 Å². The fourth-order valence-electron chi connectivity index (χ4n) is 3.90. The molecule has 0 unspecified atom stereocenters. The molecule has 0 saturated heterocycles. The first kappa shape index (κ1) is 22.1. The summed E-state index contributed by atoms with van der Waals surface area (Å²) >= 11 is 0. The number of hydrogen-bond donors (Lipinski definition) is 2. The number of aromatic nitrogens is 2. The van der Waals surface area contributed by atoms with Crippen LogP contribution in [0.2, 0.25) is 0 Å². The Morgan fingerprint density at radius 2 is 1.77 bits per heavy atom. The molecule has 1 amide bonds. The van der Waals surface area contributed by atoms with E-state index < -0.39 is 17.2 Å². The molecule has 1 aliphatic rings. The van der Waals surface area contributed by atoms with Crippen molar-refractivity contribution in [1.82, 2.24) is 9.55 Å². The molecule has 1 aliphatic heterocycles. The molecule has 5 rings (SSSR count). The van der Waals surface area contributed by atoms with Crippen LogP contribution in [0.1, 0.15) is 21.7 Å². The molecule has 2 aromatic heterocycles. The van der Waals surface area contributed by atoms with Gasteiger partial charge in [-0.1, -0.05) is 30.3 Å². The molecule has 0 radical (unpaired) electrons. The van der Waals surface area contributed by atoms with Crippen molar-refractivity contribution < 1.29 is 18.7 Å². The van der Waals surface area contributed by atoms with Crippen LogP contribution in [0.4, 0.5) is 11.5 Å². The lowest BCUT2D eigenvalue weighted by Gasteiger charge is -2.25. The minimum Gasteiger partial charge on any atom is -0.486 e. The molecule has 10 heteroatoms. The van der Waals surface area contributed by atoms with Crippen LogP contribution in [0.5, 0.6) is 11.5 Å². The molecule has 0 atom stereocenters. The Hall–Kier alpha value is -4.73. The number of carbonyl (C=O) groups excluding carboxylic acids is 1. The average molecular weight is 474 g/mol. The van der Waals surface area contributed by atoms with E-state index in [9.17, 15) is 14.4 Å². The number of nitrogens with one attached hydrogen (secondary N) is 1. The molecule has 0 saturated carbocycles. The predicted molar refractivity (Wildman–Crippen MR) is 128 cm³/mol. The van der Waals surface area contributed by atoms with Gasteiger partial charge in [0.15, 0.2) is 17.2 Å². The third-order valence-corrected chi connectivity index (χ3v) is 5.60. The lowest BCUT2D eigenvalue weighted by Crippen LogP contribution is -2.41. The first-order valence-electron chi connectivity index (χ1n) is 10.9. The van der Waals surface area contributed by atoms with Crippen molar-refractivity contribution in [2.45, 2.75) is 13.1 Å². The largest absolute Gasteiger partial charge is 0.486 e. The van der Waals surface area contributed by atoms with Gasteiger partial charge in [0.2, 0.25) is 0 Å². The van der Waals surface area contributed by atoms with Crippen molar-refractivity contribution in [3.05, 3.63) is 105 Å². The number of furan rings is 1. The summed E-state index contributed by atoms with van der Waals surface area (Å²) in [5.41, 5.74) is 5.80. The Bertz CT molecular complexity index is 1470. The molecule has 2 aromatic carbocycles. The van der Waals surface area contributed by atoms with Crippen molar-refractivity contribution in [3.63, 3.8) is 0 Å². The summed E-state index contributed by atoms with van der Waals surface area (Å²) in [5, 5.41) is 0. The van der Waals surface area contributed by atoms with Gasteiger partial charge in [-0.15, -0.1) is 0 Å². The predicted octanol–water partition coefficient (Wildman–Crippen LogP) is 2.38. The summed E-state index contributed by atoms with van der Waals surface area (Å²) < 4.78 is 17.8. The molecule has 0 fully saturated rings. The maximum atomic E-state index is 13.7. The second kappa shape index (κ2) is 9.26. The molecule has 4 aromatic rings. The van der Waals surface area contributed by atoms with E-state index >= 15 is 0 Å². The van der Waals surface area contributed by atoms with E-state index in [-0.39, 0.29) is 30.2 Å². The molecule has 3 heterocycles. The minimum atomic E-state index is -0.783. The van der Waals surface area contributed by atoms with Gasteiger partial charge in [0.05, 0.1) is 19.4 Å². The van der Waals surface area contributed by atoms with Crippen molar-refractivity contribution in [2.24, 2.45) is 0 Å². The number of H-pyrrole nitrogens is 1. The number of anilines is 2. The molecule has 0 aliphatic carbocycles. The fourth-order valence-corrected chi connectivity index (χ4v) is 3.90. The normalized spacial score (nSPS) is 12.3. The molecule has 0 spiro atoms. The topological polar surface area (TPSA) is 133 Å². The Kier molecular flexibility index (Phi) is 5.84. The van der Waals surface area contributed by atoms with Crippen LogP contribution in [0.15, 0.2) is 80.9 Å². The zero-order valence-electron chi connectivity index (χ0n) is 18.6. The Labute approximate surface area is 199 Å². The number of benzene rings is 2. The van der Waals surface area contributed by atoms with E-state index in [1.807, 2.05) is 30.3 Å². The summed E-state index contributed by atoms with van der Waals surface area (Å²) in [6, 6.07) is 17.3. The monoisotopic (exact) mass is 474 g/mol. The van der Waals surface area contributed by atoms with Crippen LogP contribution in [0.25, 0.3) is 0 Å². The second-order valence-corrected chi connectivity index (χ2v) is 7.89. The van der Waals surface area contributed by atoms with E-state index in [0.29, 0.717) is 30.5 Å². The molecular formula is C25H22N4O6. The summed E-state index contributed by atoms with van der Waals surface area (Å²) in [6.45, 7) is 0.802. The molecule has 178 valence electrons. The van der Waals surface area contributed by atoms with Gasteiger partial charge in [0, 0.05) is 5.56 Å². The van der Waals surface area contributed by atoms with Crippen molar-refractivity contribution >= 4 is 17.4 Å². The van der Waals surface area contributed by atoms with Crippen LogP contribution < -0.4 is 31.4 Å². The Morgan fingerprint density at radius 1 is 1.00 bits per heavy atom. The first-order chi connectivity index (χ1) is 17.0. The first-order valence-corrected chi connectivity index (χ1v) is 10.9. The molecule has 10 nitrogen and oxygen atoms in total. The summed E-state index contributed by atoms with van der Waals surface area (Å²) in [4.78, 5) is 42.8. The molecule has 3 N–H and O–H groups in total. The standard InChI is InChI=1S/C25H22N4O6/c26-22-21(23(30)27-25(32)29(22)14-16-5-2-1-3-6-16)28(15-18-7-4-10-33-18)24(31)17-8-9-19-20(13-17)35-12-11-34-19/h1-10,13H,11-12,14-15,26H2,(H,27,30,32). The molecule has 35 heavy (non-hydrogen) atoms. The number of fused-ring (bicyclic) bond motifs is 1. The quantitative estimate of drug-likeness (QED) is 0.438. The third-order valence-electron chi connectivity index (χ3n) is 5.60. The summed E-state index contributed by atoms with van der Waals surface area (Å²) in [5.74, 6) is 0.714. The van der Waals surface area contributed by atoms with E-state index in [4.69, 9.17) is 19.6 Å². The van der Waals surface area contributed by atoms with Crippen molar-refractivity contribution in [3.8, 4) is 11.5 Å². The van der Waals surface area contributed by atoms with Gasteiger partial charge in [0.25, 0.3) is 11.5 Å². The fraction of sp³-hybridized carbons (Fsp3) is 0.160. The third kappa shape index (κ3) is 4.41. The highest BCUT2D eigenvalue weighted by atomic mass is 16.6. The highest BCUT2D eigenvalue weighted by molar-refractivity contribution is 6.07. The van der Waals surface area contributed by atoms with Crippen LogP contribution in [0.3, 0.4) is 0 Å². The number of aromatic amines is 1. The summed E-state index contributed by atoms with van der Waals surface area (Å²) in [6.07, 6.45) is 1.46. The highest BCUT2D eigenvalue weighted by Gasteiger charge is 2.27. The number of nitrogens with two attached hydrogens (primary N) is 1. The van der Waals surface area contributed by atoms with Crippen LogP contribution in [0, 0.1) is 0 Å². The van der Waals surface area contributed by atoms with Gasteiger partial charge in [-0.25, -0.2) is 4.79 Å². The van der Waals surface area contributed by atoms with Gasteiger partial charge in [-0.2, -0.15) is 0 Å². The second-order valence-electron chi connectivity index (χ2n) is 7.89. The zero-order chi connectivity index (χ0) is 24.4. The lowest BCUT2D eigenvalue weighted by atomic mass is 10.1. The highest BCUT2D eigenvalue weighted by Crippen LogP contribution is 2.32. The van der Waals surface area contributed by atoms with Crippen LogP contribution in [-0.4, -0.2) is 28.7 Å². The number of nitrogen functional groups attached to an aromatic ring is 1. The number of ether oxygens (including phenoxy) is 2. The maximum Gasteiger partial charge on any atom is 0.330 e. The lowest BCUT2D eigenvalue weighted by molar-refractivity contribution is 0.0981. The number of nitrogens with zero attached hydrogens (tertiary/aromatic N) is 2. The number of amides is 1. The van der Waals surface area contributed by atoms with E-state index in [1.54, 1.807) is 30.3 Å². The van der Waals surface area contributed by atoms with E-state index in [2.05, 4.69) is 4.98 Å². The smallest absolute Gasteiger partial charge is 0.330 e. The number of rotatable bonds is 6. The van der Waals surface area contributed by atoms with Gasteiger partial charge >= 0.3 is 5.69 Å². The molecular weight excluding hydrogens is 452 g/mol. The van der Waals surface area contributed by atoms with Gasteiger partial charge in [0.1, 0.15) is 24.8 Å². The molecule has 0 bridgehead atoms. The van der Waals surface area contributed by atoms with E-state index in [0.717, 1.165) is 5.56 Å². The van der Waals surface area contributed by atoms with Crippen LogP contribution >= 0.6 is 0 Å². The minimum absolute atomic E-state index is 0.0862. The van der Waals surface area contributed by atoms with Gasteiger partial charge < -0.3 is 19.6 Å². The number of hydrogen-bond acceptors (Lipinski definition) is 7.